The number of carbonyl (C=O) groups excluding carboxylic acids is 2. The summed E-state index contributed by atoms with van der Waals surface area (Å²) in [7, 11) is -3.83. The van der Waals surface area contributed by atoms with E-state index in [-0.39, 0.29) is 24.2 Å². The SMILES string of the molecule is CCS(=O)(=O)N(CC(=O)N(Cc1ccccc1C)[C@H](C)C(=O)NC1CCCCC1)c1ccc2c(c1)OCCO2. The predicted octanol–water partition coefficient (Wildman–Crippen LogP) is 3.79. The molecular formula is C29H39N3O6S. The summed E-state index contributed by atoms with van der Waals surface area (Å²) in [6, 6.07) is 11.8. The zero-order valence-corrected chi connectivity index (χ0v) is 23.8. The van der Waals surface area contributed by atoms with Crippen molar-refractivity contribution < 1.29 is 27.5 Å². The lowest BCUT2D eigenvalue weighted by Gasteiger charge is -2.33. The van der Waals surface area contributed by atoms with E-state index in [4.69, 9.17) is 9.47 Å². The fourth-order valence-corrected chi connectivity index (χ4v) is 6.08. The van der Waals surface area contributed by atoms with Crippen molar-refractivity contribution >= 4 is 27.5 Å². The zero-order chi connectivity index (χ0) is 28.0. The van der Waals surface area contributed by atoms with Gasteiger partial charge < -0.3 is 19.7 Å². The first-order valence-corrected chi connectivity index (χ1v) is 15.3. The van der Waals surface area contributed by atoms with Crippen LogP contribution in [0.15, 0.2) is 42.5 Å². The van der Waals surface area contributed by atoms with Gasteiger partial charge in [-0.1, -0.05) is 43.5 Å². The maximum absolute atomic E-state index is 13.9. The molecule has 4 rings (SSSR count). The zero-order valence-electron chi connectivity index (χ0n) is 23.0. The van der Waals surface area contributed by atoms with Gasteiger partial charge in [0.25, 0.3) is 0 Å². The van der Waals surface area contributed by atoms with Crippen molar-refractivity contribution in [2.45, 2.75) is 71.5 Å². The monoisotopic (exact) mass is 557 g/mol. The molecule has 0 unspecified atom stereocenters. The van der Waals surface area contributed by atoms with E-state index in [1.54, 1.807) is 25.1 Å². The molecule has 1 aliphatic heterocycles. The average molecular weight is 558 g/mol. The van der Waals surface area contributed by atoms with Crippen molar-refractivity contribution in [3.05, 3.63) is 53.6 Å². The topological polar surface area (TPSA) is 105 Å². The number of fused-ring (bicyclic) bond motifs is 1. The fourth-order valence-electron chi connectivity index (χ4n) is 5.03. The number of amides is 2. The van der Waals surface area contributed by atoms with Crippen LogP contribution in [0.1, 0.15) is 57.1 Å². The Hall–Kier alpha value is -3.27. The molecule has 1 saturated carbocycles. The van der Waals surface area contributed by atoms with Crippen LogP contribution in [0.5, 0.6) is 11.5 Å². The molecule has 39 heavy (non-hydrogen) atoms. The van der Waals surface area contributed by atoms with Crippen LogP contribution in [-0.4, -0.2) is 62.7 Å². The van der Waals surface area contributed by atoms with Crippen LogP contribution in [0.2, 0.25) is 0 Å². The van der Waals surface area contributed by atoms with Gasteiger partial charge in [-0.25, -0.2) is 8.42 Å². The third-order valence-corrected chi connectivity index (χ3v) is 9.26. The van der Waals surface area contributed by atoms with Gasteiger partial charge in [-0.15, -0.1) is 0 Å². The number of nitrogens with zero attached hydrogens (tertiary/aromatic N) is 2. The molecule has 10 heteroatoms. The highest BCUT2D eigenvalue weighted by molar-refractivity contribution is 7.92. The lowest BCUT2D eigenvalue weighted by atomic mass is 9.95. The Morgan fingerprint density at radius 2 is 1.72 bits per heavy atom. The van der Waals surface area contributed by atoms with Crippen molar-refractivity contribution in [3.8, 4) is 11.5 Å². The average Bonchev–Trinajstić information content (AvgIpc) is 2.95. The summed E-state index contributed by atoms with van der Waals surface area (Å²) in [6.07, 6.45) is 5.17. The largest absolute Gasteiger partial charge is 0.486 e. The number of anilines is 1. The first kappa shape index (κ1) is 28.7. The minimum Gasteiger partial charge on any atom is -0.486 e. The van der Waals surface area contributed by atoms with Crippen LogP contribution < -0.4 is 19.1 Å². The van der Waals surface area contributed by atoms with E-state index in [1.807, 2.05) is 31.2 Å². The van der Waals surface area contributed by atoms with E-state index >= 15 is 0 Å². The van der Waals surface area contributed by atoms with Gasteiger partial charge in [0.15, 0.2) is 11.5 Å². The van der Waals surface area contributed by atoms with Crippen LogP contribution in [0.25, 0.3) is 0 Å². The van der Waals surface area contributed by atoms with Gasteiger partial charge in [0, 0.05) is 18.7 Å². The minimum absolute atomic E-state index is 0.0961. The number of ether oxygens (including phenoxy) is 2. The highest BCUT2D eigenvalue weighted by atomic mass is 32.2. The standard InChI is InChI=1S/C29H39N3O6S/c1-4-39(35,36)32(25-14-15-26-27(18-25)38-17-16-37-26)20-28(33)31(19-23-11-9-8-10-21(23)2)22(3)29(34)30-24-12-6-5-7-13-24/h8-11,14-15,18,22,24H,4-7,12-13,16-17,19-20H2,1-3H3,(H,30,34)/t22-/m1/s1. The lowest BCUT2D eigenvalue weighted by Crippen LogP contribution is -2.53. The van der Waals surface area contributed by atoms with Gasteiger partial charge >= 0.3 is 0 Å². The second-order valence-corrected chi connectivity index (χ2v) is 12.4. The Labute approximate surface area is 231 Å². The van der Waals surface area contributed by atoms with E-state index in [0.29, 0.717) is 30.4 Å². The Bertz CT molecular complexity index is 1280. The Kier molecular flexibility index (Phi) is 9.37. The van der Waals surface area contributed by atoms with E-state index in [0.717, 1.165) is 41.1 Å². The number of nitrogens with one attached hydrogen (secondary N) is 1. The first-order valence-electron chi connectivity index (χ1n) is 13.7. The number of sulfonamides is 1. The molecule has 1 aliphatic carbocycles. The number of carbonyl (C=O) groups is 2. The van der Waals surface area contributed by atoms with Crippen molar-refractivity contribution in [1.29, 1.82) is 0 Å². The molecule has 212 valence electrons. The van der Waals surface area contributed by atoms with Crippen LogP contribution in [0.3, 0.4) is 0 Å². The second-order valence-electron chi connectivity index (χ2n) is 10.2. The molecule has 0 spiro atoms. The summed E-state index contributed by atoms with van der Waals surface area (Å²) in [5, 5.41) is 3.12. The molecule has 0 radical (unpaired) electrons. The number of aryl methyl sites for hydroxylation is 1. The molecule has 1 N–H and O–H groups in total. The van der Waals surface area contributed by atoms with Gasteiger partial charge in [0.05, 0.1) is 11.4 Å². The predicted molar refractivity (Wildman–Crippen MR) is 150 cm³/mol. The highest BCUT2D eigenvalue weighted by Crippen LogP contribution is 2.35. The summed E-state index contributed by atoms with van der Waals surface area (Å²) >= 11 is 0. The van der Waals surface area contributed by atoms with Crippen LogP contribution >= 0.6 is 0 Å². The number of rotatable bonds is 10. The van der Waals surface area contributed by atoms with Crippen molar-refractivity contribution in [1.82, 2.24) is 10.2 Å². The normalized spacial score (nSPS) is 16.3. The summed E-state index contributed by atoms with van der Waals surface area (Å²) in [5.41, 5.74) is 2.19. The number of benzene rings is 2. The van der Waals surface area contributed by atoms with E-state index in [9.17, 15) is 18.0 Å². The Morgan fingerprint density at radius 1 is 1.03 bits per heavy atom. The third kappa shape index (κ3) is 7.03. The highest BCUT2D eigenvalue weighted by Gasteiger charge is 2.32. The molecule has 0 aromatic heterocycles. The van der Waals surface area contributed by atoms with Crippen LogP contribution in [0, 0.1) is 6.92 Å². The van der Waals surface area contributed by atoms with Gasteiger partial charge in [0.1, 0.15) is 25.8 Å². The summed E-state index contributed by atoms with van der Waals surface area (Å²) in [6.45, 7) is 5.71. The van der Waals surface area contributed by atoms with E-state index < -0.39 is 28.5 Å². The molecule has 2 aromatic rings. The second kappa shape index (κ2) is 12.7. The Morgan fingerprint density at radius 3 is 2.41 bits per heavy atom. The number of hydrogen-bond acceptors (Lipinski definition) is 6. The van der Waals surface area contributed by atoms with E-state index in [2.05, 4.69) is 5.32 Å². The van der Waals surface area contributed by atoms with Crippen LogP contribution in [0.4, 0.5) is 5.69 Å². The smallest absolute Gasteiger partial charge is 0.244 e. The molecule has 9 nitrogen and oxygen atoms in total. The lowest BCUT2D eigenvalue weighted by molar-refractivity contribution is -0.139. The van der Waals surface area contributed by atoms with Crippen LogP contribution in [-0.2, 0) is 26.2 Å². The molecule has 1 heterocycles. The van der Waals surface area contributed by atoms with E-state index in [1.165, 1.54) is 18.2 Å². The molecule has 1 fully saturated rings. The van der Waals surface area contributed by atoms with Gasteiger partial charge in [-0.3, -0.25) is 13.9 Å². The first-order chi connectivity index (χ1) is 18.7. The molecule has 2 aliphatic rings. The third-order valence-electron chi connectivity index (χ3n) is 7.51. The molecule has 2 aromatic carbocycles. The molecule has 1 atom stereocenters. The summed E-state index contributed by atoms with van der Waals surface area (Å²) in [4.78, 5) is 28.7. The van der Waals surface area contributed by atoms with Gasteiger partial charge in [0.2, 0.25) is 21.8 Å². The fraction of sp³-hybridized carbons (Fsp3) is 0.517. The molecule has 2 amide bonds. The summed E-state index contributed by atoms with van der Waals surface area (Å²) < 4.78 is 38.7. The van der Waals surface area contributed by atoms with Gasteiger partial charge in [-0.05, 0) is 56.9 Å². The summed E-state index contributed by atoms with van der Waals surface area (Å²) in [5.74, 6) is 0.0768. The quantitative estimate of drug-likeness (QED) is 0.477. The minimum atomic E-state index is -3.83. The Balaban J connectivity index is 1.62. The molecular weight excluding hydrogens is 518 g/mol. The maximum atomic E-state index is 13.9. The van der Waals surface area contributed by atoms with Gasteiger partial charge in [-0.2, -0.15) is 0 Å². The number of hydrogen-bond donors (Lipinski definition) is 1. The van der Waals surface area contributed by atoms with Crippen molar-refractivity contribution in [2.75, 3.05) is 29.8 Å². The molecule has 0 saturated heterocycles. The van der Waals surface area contributed by atoms with Crippen molar-refractivity contribution in [2.24, 2.45) is 0 Å². The molecule has 0 bridgehead atoms. The van der Waals surface area contributed by atoms with Crippen molar-refractivity contribution in [3.63, 3.8) is 0 Å². The maximum Gasteiger partial charge on any atom is 0.244 e.